The number of hydrogen-bond acceptors (Lipinski definition) is 8. The van der Waals surface area contributed by atoms with Crippen LogP contribution in [0.4, 0.5) is 0 Å². The molecule has 0 fully saturated rings. The lowest BCUT2D eigenvalue weighted by molar-refractivity contribution is -0.131. The van der Waals surface area contributed by atoms with E-state index in [1.54, 1.807) is 25.4 Å². The van der Waals surface area contributed by atoms with Crippen LogP contribution in [0.1, 0.15) is 53.9 Å². The zero-order valence-electron chi connectivity index (χ0n) is 24.8. The second kappa shape index (κ2) is 14.6. The summed E-state index contributed by atoms with van der Waals surface area (Å²) in [6, 6.07) is 18.7. The van der Waals surface area contributed by atoms with Gasteiger partial charge in [-0.25, -0.2) is 9.78 Å². The van der Waals surface area contributed by atoms with Gasteiger partial charge in [0.15, 0.2) is 18.3 Å². The van der Waals surface area contributed by atoms with E-state index in [1.807, 2.05) is 59.2 Å². The summed E-state index contributed by atoms with van der Waals surface area (Å²) < 4.78 is 31.0. The van der Waals surface area contributed by atoms with Gasteiger partial charge in [-0.1, -0.05) is 55.8 Å². The van der Waals surface area contributed by atoms with Gasteiger partial charge >= 0.3 is 5.97 Å². The van der Waals surface area contributed by atoms with E-state index < -0.39 is 11.9 Å². The van der Waals surface area contributed by atoms with Crippen molar-refractivity contribution < 1.29 is 38.7 Å². The molecule has 230 valence electrons. The van der Waals surface area contributed by atoms with Crippen molar-refractivity contribution in [2.24, 2.45) is 0 Å². The van der Waals surface area contributed by atoms with Crippen LogP contribution < -0.4 is 18.9 Å². The van der Waals surface area contributed by atoms with Gasteiger partial charge in [-0.05, 0) is 35.7 Å². The normalized spacial score (nSPS) is 12.9. The van der Waals surface area contributed by atoms with Crippen molar-refractivity contribution in [3.63, 3.8) is 0 Å². The second-order valence-corrected chi connectivity index (χ2v) is 10.2. The Balaban J connectivity index is 1.53. The lowest BCUT2D eigenvalue weighted by Crippen LogP contribution is -2.13. The van der Waals surface area contributed by atoms with Gasteiger partial charge in [0.05, 0.1) is 31.7 Å². The van der Waals surface area contributed by atoms with Gasteiger partial charge in [0.1, 0.15) is 17.3 Å². The first-order chi connectivity index (χ1) is 21.5. The van der Waals surface area contributed by atoms with Crippen LogP contribution in [-0.2, 0) is 29.2 Å². The molecule has 5 rings (SSSR count). The first-order valence-electron chi connectivity index (χ1n) is 14.5. The Morgan fingerprint density at radius 1 is 1.07 bits per heavy atom. The number of rotatable bonds is 15. The molecule has 0 bridgehead atoms. The zero-order chi connectivity index (χ0) is 30.9. The summed E-state index contributed by atoms with van der Waals surface area (Å²) in [5.74, 6) is 1.37. The molecule has 0 spiro atoms. The number of aliphatic hydroxyl groups excluding tert-OH is 1. The molecule has 1 unspecified atom stereocenters. The Bertz CT molecular complexity index is 1610. The van der Waals surface area contributed by atoms with Crippen LogP contribution in [0.5, 0.6) is 23.0 Å². The lowest BCUT2D eigenvalue weighted by Gasteiger charge is -2.22. The number of unbranched alkanes of at least 4 members (excludes halogenated alkanes) is 1. The fourth-order valence-corrected chi connectivity index (χ4v) is 5.19. The minimum atomic E-state index is -1.07. The van der Waals surface area contributed by atoms with Gasteiger partial charge in [-0.2, -0.15) is 0 Å². The van der Waals surface area contributed by atoms with Gasteiger partial charge in [0.25, 0.3) is 0 Å². The third kappa shape index (κ3) is 6.88. The highest BCUT2D eigenvalue weighted by Crippen LogP contribution is 2.44. The molecule has 2 heterocycles. The van der Waals surface area contributed by atoms with Gasteiger partial charge in [0, 0.05) is 36.2 Å². The molecule has 10 heteroatoms. The highest BCUT2D eigenvalue weighted by Gasteiger charge is 2.27. The number of hydrogen-bond donors (Lipinski definition) is 2. The highest BCUT2D eigenvalue weighted by molar-refractivity contribution is 5.80. The Hall–Kier alpha value is -4.80. The van der Waals surface area contributed by atoms with Gasteiger partial charge in [0.2, 0.25) is 6.79 Å². The molecule has 3 aromatic carbocycles. The number of allylic oxidation sites excluding steroid dienone is 1. The van der Waals surface area contributed by atoms with E-state index >= 15 is 0 Å². The van der Waals surface area contributed by atoms with E-state index in [2.05, 4.69) is 6.92 Å². The number of carboxylic acids is 1. The van der Waals surface area contributed by atoms with Gasteiger partial charge < -0.3 is 33.9 Å². The van der Waals surface area contributed by atoms with Crippen molar-refractivity contribution in [2.75, 3.05) is 20.7 Å². The number of carbonyl (C=O) groups is 1. The van der Waals surface area contributed by atoms with E-state index in [9.17, 15) is 15.0 Å². The molecule has 0 amide bonds. The third-order valence-corrected chi connectivity index (χ3v) is 7.38. The average molecular weight is 601 g/mol. The van der Waals surface area contributed by atoms with E-state index in [0.717, 1.165) is 47.3 Å². The van der Waals surface area contributed by atoms with Crippen LogP contribution in [0.2, 0.25) is 0 Å². The van der Waals surface area contributed by atoms with Crippen molar-refractivity contribution in [3.05, 3.63) is 107 Å². The molecule has 4 aromatic rings. The molecule has 10 nitrogen and oxygen atoms in total. The zero-order valence-corrected chi connectivity index (χ0v) is 24.8. The first kappa shape index (κ1) is 30.7. The van der Waals surface area contributed by atoms with E-state index in [4.69, 9.17) is 28.7 Å². The van der Waals surface area contributed by atoms with Crippen molar-refractivity contribution in [1.29, 1.82) is 0 Å². The van der Waals surface area contributed by atoms with Crippen molar-refractivity contribution >= 4 is 5.97 Å². The minimum absolute atomic E-state index is 0.0244. The quantitative estimate of drug-likeness (QED) is 0.0995. The molecule has 1 aliphatic rings. The Labute approximate surface area is 256 Å². The summed E-state index contributed by atoms with van der Waals surface area (Å²) >= 11 is 0. The number of aliphatic hydroxyl groups is 1. The van der Waals surface area contributed by atoms with E-state index in [1.165, 1.54) is 0 Å². The summed E-state index contributed by atoms with van der Waals surface area (Å²) in [5.41, 5.74) is 3.84. The number of benzene rings is 3. The smallest absolute Gasteiger partial charge is 0.328 e. The third-order valence-electron chi connectivity index (χ3n) is 7.38. The summed E-state index contributed by atoms with van der Waals surface area (Å²) in [6.07, 6.45) is 7.10. The molecule has 44 heavy (non-hydrogen) atoms. The van der Waals surface area contributed by atoms with Crippen LogP contribution >= 0.6 is 0 Å². The Morgan fingerprint density at radius 3 is 2.57 bits per heavy atom. The monoisotopic (exact) mass is 600 g/mol. The number of aliphatic carboxylic acids is 1. The number of aromatic nitrogens is 2. The number of imidazole rings is 1. The van der Waals surface area contributed by atoms with Crippen molar-refractivity contribution in [3.8, 4) is 28.7 Å². The molecular formula is C34H36N2O8. The van der Waals surface area contributed by atoms with Crippen molar-refractivity contribution in [1.82, 2.24) is 9.55 Å². The lowest BCUT2D eigenvalue weighted by atomic mass is 9.93. The van der Waals surface area contributed by atoms with Crippen LogP contribution in [0.3, 0.4) is 0 Å². The van der Waals surface area contributed by atoms with Crippen LogP contribution in [0.25, 0.3) is 5.69 Å². The van der Waals surface area contributed by atoms with Crippen LogP contribution in [0, 0.1) is 0 Å². The average Bonchev–Trinajstić information content (AvgIpc) is 3.68. The Morgan fingerprint density at radius 2 is 1.82 bits per heavy atom. The molecule has 1 aromatic heterocycles. The predicted octanol–water partition coefficient (Wildman–Crippen LogP) is 5.77. The maximum Gasteiger partial charge on any atom is 0.328 e. The fourth-order valence-electron chi connectivity index (χ4n) is 5.19. The maximum absolute atomic E-state index is 11.7. The first-order valence-corrected chi connectivity index (χ1v) is 14.5. The van der Waals surface area contributed by atoms with Gasteiger partial charge in [-0.3, -0.25) is 4.57 Å². The topological polar surface area (TPSA) is 122 Å². The summed E-state index contributed by atoms with van der Waals surface area (Å²) in [5, 5.41) is 19.2. The predicted molar refractivity (Wildman–Crippen MR) is 163 cm³/mol. The number of ether oxygens (including phenoxy) is 5. The standard InChI is InChI=1S/C34H36N2O8/c1-3-4-13-33-35-18-28(25(14-15-34(38)39)26-16-31-32(44-22-43-31)17-30(26)40-2)36(33)27-11-7-8-12-29(27)42-21-41-20-24-10-6-5-9-23(24)19-37/h5-12,14-18,25,37H,3-4,13,19-22H2,1-2H3,(H,38,39)/b15-14+. The fraction of sp³-hybridized carbons (Fsp3) is 0.294. The number of aryl methyl sites for hydroxylation is 1. The number of carboxylic acid groups (broad SMARTS) is 1. The summed E-state index contributed by atoms with van der Waals surface area (Å²) in [4.78, 5) is 16.5. The highest BCUT2D eigenvalue weighted by atomic mass is 16.7. The molecule has 0 aliphatic carbocycles. The number of fused-ring (bicyclic) bond motifs is 1. The van der Waals surface area contributed by atoms with Gasteiger partial charge in [-0.15, -0.1) is 0 Å². The summed E-state index contributed by atoms with van der Waals surface area (Å²) in [7, 11) is 1.56. The molecular weight excluding hydrogens is 564 g/mol. The van der Waals surface area contributed by atoms with Crippen LogP contribution in [-0.4, -0.2) is 46.4 Å². The van der Waals surface area contributed by atoms with Crippen molar-refractivity contribution in [2.45, 2.75) is 45.3 Å². The largest absolute Gasteiger partial charge is 0.496 e. The molecule has 0 radical (unpaired) electrons. The molecule has 0 saturated heterocycles. The number of para-hydroxylation sites is 2. The molecule has 1 aliphatic heterocycles. The molecule has 0 saturated carbocycles. The van der Waals surface area contributed by atoms with Crippen LogP contribution in [0.15, 0.2) is 79.0 Å². The minimum Gasteiger partial charge on any atom is -0.496 e. The molecule has 1 atom stereocenters. The SMILES string of the molecule is CCCCc1ncc(C(/C=C/C(=O)O)c2cc3c(cc2OC)OCO3)n1-c1ccccc1OCOCc1ccccc1CO. The molecule has 2 N–H and O–H groups in total. The maximum atomic E-state index is 11.7. The van der Waals surface area contributed by atoms with E-state index in [-0.39, 0.29) is 26.8 Å². The number of nitrogens with zero attached hydrogens (tertiary/aromatic N) is 2. The number of methoxy groups -OCH3 is 1. The second-order valence-electron chi connectivity index (χ2n) is 10.2. The Kier molecular flexibility index (Phi) is 10.2. The van der Waals surface area contributed by atoms with E-state index in [0.29, 0.717) is 35.0 Å². The summed E-state index contributed by atoms with van der Waals surface area (Å²) in [6.45, 7) is 2.40.